The predicted molar refractivity (Wildman–Crippen MR) is 155 cm³/mol. The smallest absolute Gasteiger partial charge is 0.341 e. The lowest BCUT2D eigenvalue weighted by atomic mass is 10.1. The van der Waals surface area contributed by atoms with Gasteiger partial charge in [0.1, 0.15) is 5.00 Å². The van der Waals surface area contributed by atoms with Crippen molar-refractivity contribution in [3.05, 3.63) is 68.9 Å². The van der Waals surface area contributed by atoms with Gasteiger partial charge in [0.15, 0.2) is 0 Å². The van der Waals surface area contributed by atoms with Crippen molar-refractivity contribution in [3.8, 4) is 10.6 Å². The van der Waals surface area contributed by atoms with E-state index in [4.69, 9.17) is 9.72 Å². The van der Waals surface area contributed by atoms with Gasteiger partial charge in [-0.05, 0) is 71.4 Å². The normalized spacial score (nSPS) is 11.1. The zero-order valence-electron chi connectivity index (χ0n) is 22.4. The first-order chi connectivity index (χ1) is 18.1. The first-order valence-corrected chi connectivity index (χ1v) is 14.2. The summed E-state index contributed by atoms with van der Waals surface area (Å²) in [5.74, 6) is -1.14. The summed E-state index contributed by atoms with van der Waals surface area (Å²) in [5, 5.41) is 3.92. The maximum atomic E-state index is 13.8. The highest BCUT2D eigenvalue weighted by atomic mass is 32.1. The van der Waals surface area contributed by atoms with Crippen LogP contribution in [0.25, 0.3) is 21.5 Å². The Labute approximate surface area is 230 Å². The molecular formula is C29H31N3O4S2. The predicted octanol–water partition coefficient (Wildman–Crippen LogP) is 6.94. The van der Waals surface area contributed by atoms with Gasteiger partial charge < -0.3 is 15.0 Å². The number of aromatic nitrogens is 1. The van der Waals surface area contributed by atoms with E-state index in [2.05, 4.69) is 5.32 Å². The minimum Gasteiger partial charge on any atom is -0.459 e. The molecule has 0 atom stereocenters. The second kappa shape index (κ2) is 11.4. The number of nitrogens with one attached hydrogen (secondary N) is 1. The molecule has 7 nitrogen and oxygen atoms in total. The van der Waals surface area contributed by atoms with E-state index in [1.165, 1.54) is 0 Å². The third-order valence-electron chi connectivity index (χ3n) is 6.12. The topological polar surface area (TPSA) is 88.6 Å². The van der Waals surface area contributed by atoms with Crippen LogP contribution in [0, 0.1) is 13.8 Å². The second-order valence-corrected chi connectivity index (χ2v) is 11.4. The van der Waals surface area contributed by atoms with Crippen LogP contribution in [0.2, 0.25) is 0 Å². The summed E-state index contributed by atoms with van der Waals surface area (Å²) in [4.78, 5) is 49.1. The summed E-state index contributed by atoms with van der Waals surface area (Å²) in [6.07, 6.45) is -0.353. The summed E-state index contributed by atoms with van der Waals surface area (Å²) < 4.78 is 5.48. The lowest BCUT2D eigenvalue weighted by molar-refractivity contribution is 0.0379. The number of ether oxygens (including phenoxy) is 1. The number of amides is 2. The van der Waals surface area contributed by atoms with Crippen LogP contribution in [0.15, 0.2) is 42.5 Å². The van der Waals surface area contributed by atoms with Crippen molar-refractivity contribution >= 4 is 56.4 Å². The molecule has 0 saturated heterocycles. The number of rotatable bonds is 8. The summed E-state index contributed by atoms with van der Waals surface area (Å²) >= 11 is 2.71. The Balaban J connectivity index is 1.80. The number of esters is 1. The van der Waals surface area contributed by atoms with E-state index in [-0.39, 0.29) is 23.5 Å². The van der Waals surface area contributed by atoms with E-state index in [0.717, 1.165) is 21.1 Å². The summed E-state index contributed by atoms with van der Waals surface area (Å²) in [5.41, 5.74) is 2.54. The van der Waals surface area contributed by atoms with Crippen molar-refractivity contribution in [1.82, 2.24) is 9.88 Å². The van der Waals surface area contributed by atoms with E-state index < -0.39 is 5.97 Å². The number of carbonyl (C=O) groups is 3. The molecule has 9 heteroatoms. The van der Waals surface area contributed by atoms with Crippen LogP contribution in [-0.4, -0.2) is 46.9 Å². The van der Waals surface area contributed by atoms with Crippen molar-refractivity contribution in [1.29, 1.82) is 0 Å². The SMILES string of the molecule is CCN(CC)C(=O)c1sc(NC(=O)c2cc(-c3ccc(C)s3)nc3ccccc23)c(C(=O)OC(C)C)c1C. The Morgan fingerprint density at radius 3 is 2.37 bits per heavy atom. The number of hydrogen-bond donors (Lipinski definition) is 1. The fourth-order valence-corrected chi connectivity index (χ4v) is 6.20. The molecule has 0 unspecified atom stereocenters. The van der Waals surface area contributed by atoms with Gasteiger partial charge in [-0.15, -0.1) is 22.7 Å². The van der Waals surface area contributed by atoms with Crippen LogP contribution in [0.4, 0.5) is 5.00 Å². The van der Waals surface area contributed by atoms with Gasteiger partial charge in [0.2, 0.25) is 0 Å². The molecule has 0 aliphatic carbocycles. The van der Waals surface area contributed by atoms with Crippen LogP contribution in [0.3, 0.4) is 0 Å². The van der Waals surface area contributed by atoms with Crippen molar-refractivity contribution in [2.75, 3.05) is 18.4 Å². The Morgan fingerprint density at radius 1 is 1.03 bits per heavy atom. The molecule has 1 aromatic carbocycles. The number of benzene rings is 1. The highest BCUT2D eigenvalue weighted by Crippen LogP contribution is 2.36. The van der Waals surface area contributed by atoms with Gasteiger partial charge in [-0.25, -0.2) is 9.78 Å². The Bertz CT molecular complexity index is 1520. The van der Waals surface area contributed by atoms with Crippen LogP contribution in [0.1, 0.15) is 68.5 Å². The molecule has 1 N–H and O–H groups in total. The summed E-state index contributed by atoms with van der Waals surface area (Å²) in [7, 11) is 0. The molecule has 0 aliphatic heterocycles. The third kappa shape index (κ3) is 5.49. The lowest BCUT2D eigenvalue weighted by Crippen LogP contribution is -2.30. The molecule has 4 rings (SSSR count). The van der Waals surface area contributed by atoms with Crippen molar-refractivity contribution in [2.24, 2.45) is 0 Å². The van der Waals surface area contributed by atoms with Gasteiger partial charge in [0.25, 0.3) is 11.8 Å². The minimum absolute atomic E-state index is 0.179. The van der Waals surface area contributed by atoms with E-state index in [1.54, 1.807) is 43.1 Å². The average molecular weight is 550 g/mol. The quantitative estimate of drug-likeness (QED) is 0.241. The van der Waals surface area contributed by atoms with Gasteiger partial charge >= 0.3 is 5.97 Å². The number of carbonyl (C=O) groups excluding carboxylic acids is 3. The number of aryl methyl sites for hydroxylation is 1. The van der Waals surface area contributed by atoms with Gasteiger partial charge in [0, 0.05) is 23.4 Å². The average Bonchev–Trinajstić information content (AvgIpc) is 3.46. The molecule has 198 valence electrons. The number of thiophene rings is 2. The fourth-order valence-electron chi connectivity index (χ4n) is 4.21. The molecule has 3 heterocycles. The Hall–Kier alpha value is -3.56. The second-order valence-electron chi connectivity index (χ2n) is 9.13. The molecule has 0 saturated carbocycles. The molecule has 0 fully saturated rings. The summed E-state index contributed by atoms with van der Waals surface area (Å²) in [6.45, 7) is 12.1. The monoisotopic (exact) mass is 549 g/mol. The third-order valence-corrected chi connectivity index (χ3v) is 8.34. The van der Waals surface area contributed by atoms with Crippen molar-refractivity contribution in [2.45, 2.75) is 47.6 Å². The highest BCUT2D eigenvalue weighted by molar-refractivity contribution is 7.18. The molecule has 3 aromatic heterocycles. The van der Waals surface area contributed by atoms with Crippen LogP contribution in [-0.2, 0) is 4.74 Å². The first kappa shape index (κ1) is 27.5. The zero-order valence-corrected chi connectivity index (χ0v) is 24.0. The molecular weight excluding hydrogens is 518 g/mol. The number of nitrogens with zero attached hydrogens (tertiary/aromatic N) is 2. The molecule has 4 aromatic rings. The molecule has 0 aliphatic rings. The zero-order chi connectivity index (χ0) is 27.6. The van der Waals surface area contributed by atoms with E-state index >= 15 is 0 Å². The maximum Gasteiger partial charge on any atom is 0.341 e. The summed E-state index contributed by atoms with van der Waals surface area (Å²) in [6, 6.07) is 13.3. The Kier molecular flexibility index (Phi) is 8.28. The van der Waals surface area contributed by atoms with Crippen LogP contribution in [0.5, 0.6) is 0 Å². The molecule has 0 bridgehead atoms. The van der Waals surface area contributed by atoms with Gasteiger partial charge in [-0.1, -0.05) is 18.2 Å². The number of pyridine rings is 1. The maximum absolute atomic E-state index is 13.8. The van der Waals surface area contributed by atoms with Gasteiger partial charge in [-0.2, -0.15) is 0 Å². The highest BCUT2D eigenvalue weighted by Gasteiger charge is 2.29. The van der Waals surface area contributed by atoms with E-state index in [9.17, 15) is 14.4 Å². The number of fused-ring (bicyclic) bond motifs is 1. The minimum atomic E-state index is -0.572. The number of anilines is 1. The fraction of sp³-hybridized carbons (Fsp3) is 0.310. The molecule has 38 heavy (non-hydrogen) atoms. The van der Waals surface area contributed by atoms with E-state index in [1.807, 2.05) is 57.2 Å². The largest absolute Gasteiger partial charge is 0.459 e. The number of hydrogen-bond acceptors (Lipinski definition) is 7. The Morgan fingerprint density at radius 2 is 1.74 bits per heavy atom. The van der Waals surface area contributed by atoms with Crippen molar-refractivity contribution in [3.63, 3.8) is 0 Å². The molecule has 2 amide bonds. The molecule has 0 spiro atoms. The van der Waals surface area contributed by atoms with E-state index in [0.29, 0.717) is 50.7 Å². The standard InChI is InChI=1S/C29H31N3O4S2/c1-7-32(8-2)28(34)25-18(6)24(29(35)36-16(3)4)27(38-25)31-26(33)20-15-22(23-14-13-17(5)37-23)30-21-12-10-9-11-19(20)21/h9-16H,7-8H2,1-6H3,(H,31,33). The van der Waals surface area contributed by atoms with Crippen LogP contribution >= 0.6 is 22.7 Å². The first-order valence-electron chi connectivity index (χ1n) is 12.6. The van der Waals surface area contributed by atoms with Gasteiger partial charge in [0.05, 0.1) is 38.2 Å². The number of para-hydroxylation sites is 1. The lowest BCUT2D eigenvalue weighted by Gasteiger charge is -2.18. The van der Waals surface area contributed by atoms with Crippen LogP contribution < -0.4 is 5.32 Å². The van der Waals surface area contributed by atoms with Gasteiger partial charge in [-0.3, -0.25) is 9.59 Å². The molecule has 0 radical (unpaired) electrons. The van der Waals surface area contributed by atoms with Crippen molar-refractivity contribution < 1.29 is 19.1 Å².